The Kier molecular flexibility index (Phi) is 5.24. The summed E-state index contributed by atoms with van der Waals surface area (Å²) in [4.78, 5) is 15.2. The van der Waals surface area contributed by atoms with Gasteiger partial charge in [0.15, 0.2) is 0 Å². The molecule has 108 valence electrons. The molecule has 0 aliphatic heterocycles. The molecule has 0 spiro atoms. The van der Waals surface area contributed by atoms with Crippen molar-refractivity contribution < 1.29 is 0 Å². The normalized spacial score (nSPS) is 12.8. The van der Waals surface area contributed by atoms with Crippen molar-refractivity contribution in [3.63, 3.8) is 0 Å². The van der Waals surface area contributed by atoms with Gasteiger partial charge in [0.1, 0.15) is 5.82 Å². The highest BCUT2D eigenvalue weighted by molar-refractivity contribution is 4.98. The summed E-state index contributed by atoms with van der Waals surface area (Å²) in [5.41, 5.74) is 1.03. The van der Waals surface area contributed by atoms with Crippen molar-refractivity contribution >= 4 is 0 Å². The van der Waals surface area contributed by atoms with Gasteiger partial charge >= 0.3 is 0 Å². The van der Waals surface area contributed by atoms with Crippen LogP contribution in [-0.2, 0) is 19.5 Å². The molecule has 20 heavy (non-hydrogen) atoms. The van der Waals surface area contributed by atoms with Crippen LogP contribution >= 0.6 is 0 Å². The second kappa shape index (κ2) is 7.14. The molecular formula is C15H23N5. The molecule has 5 heteroatoms. The highest BCUT2D eigenvalue weighted by Gasteiger charge is 2.13. The molecular weight excluding hydrogens is 250 g/mol. The quantitative estimate of drug-likeness (QED) is 0.775. The van der Waals surface area contributed by atoms with Gasteiger partial charge in [0.05, 0.1) is 12.2 Å². The van der Waals surface area contributed by atoms with E-state index in [0.717, 1.165) is 37.4 Å². The number of hydrogen-bond donors (Lipinski definition) is 0. The van der Waals surface area contributed by atoms with Crippen molar-refractivity contribution in [3.8, 4) is 0 Å². The Labute approximate surface area is 120 Å². The minimum Gasteiger partial charge on any atom is -0.334 e. The Morgan fingerprint density at radius 1 is 1.25 bits per heavy atom. The number of hydrogen-bond acceptors (Lipinski definition) is 4. The van der Waals surface area contributed by atoms with E-state index in [0.29, 0.717) is 6.04 Å². The van der Waals surface area contributed by atoms with E-state index in [-0.39, 0.29) is 0 Å². The van der Waals surface area contributed by atoms with Crippen molar-refractivity contribution in [1.82, 2.24) is 24.4 Å². The number of aryl methyl sites for hydroxylation is 1. The molecule has 0 radical (unpaired) electrons. The van der Waals surface area contributed by atoms with Crippen LogP contribution in [0.2, 0.25) is 0 Å². The first-order valence-electron chi connectivity index (χ1n) is 7.15. The molecule has 5 nitrogen and oxygen atoms in total. The van der Waals surface area contributed by atoms with Crippen molar-refractivity contribution in [2.45, 2.75) is 45.8 Å². The molecule has 0 bridgehead atoms. The molecule has 0 saturated heterocycles. The third kappa shape index (κ3) is 3.87. The Hall–Kier alpha value is -1.75. The summed E-state index contributed by atoms with van der Waals surface area (Å²) in [5.74, 6) is 1.13. The molecule has 0 fully saturated rings. The largest absolute Gasteiger partial charge is 0.334 e. The number of likely N-dealkylation sites (N-methyl/N-ethyl adjacent to an activating group) is 1. The van der Waals surface area contributed by atoms with Crippen LogP contribution < -0.4 is 0 Å². The van der Waals surface area contributed by atoms with Crippen LogP contribution in [0.4, 0.5) is 0 Å². The second-order valence-corrected chi connectivity index (χ2v) is 5.20. The first kappa shape index (κ1) is 14.7. The third-order valence-corrected chi connectivity index (χ3v) is 3.53. The van der Waals surface area contributed by atoms with Gasteiger partial charge in [0.2, 0.25) is 0 Å². The topological polar surface area (TPSA) is 46.8 Å². The van der Waals surface area contributed by atoms with Crippen LogP contribution in [0.15, 0.2) is 31.0 Å². The molecule has 0 saturated carbocycles. The van der Waals surface area contributed by atoms with Gasteiger partial charge in [-0.2, -0.15) is 0 Å². The molecule has 0 aliphatic rings. The van der Waals surface area contributed by atoms with Crippen LogP contribution in [0.1, 0.15) is 31.8 Å². The van der Waals surface area contributed by atoms with Gasteiger partial charge in [-0.3, -0.25) is 14.9 Å². The SMILES string of the molecule is CCCn1ccnc1CN(C)[C@H](C)Cc1cnccn1. The van der Waals surface area contributed by atoms with E-state index in [1.807, 2.05) is 12.4 Å². The first-order chi connectivity index (χ1) is 9.70. The van der Waals surface area contributed by atoms with E-state index in [1.54, 1.807) is 12.4 Å². The molecule has 0 N–H and O–H groups in total. The van der Waals surface area contributed by atoms with E-state index in [1.165, 1.54) is 0 Å². The summed E-state index contributed by atoms with van der Waals surface area (Å²) in [5, 5.41) is 0. The molecule has 2 rings (SSSR count). The third-order valence-electron chi connectivity index (χ3n) is 3.53. The minimum absolute atomic E-state index is 0.401. The fourth-order valence-electron chi connectivity index (χ4n) is 2.21. The van der Waals surface area contributed by atoms with Crippen LogP contribution in [0.25, 0.3) is 0 Å². The lowest BCUT2D eigenvalue weighted by Gasteiger charge is -2.24. The number of rotatable bonds is 7. The van der Waals surface area contributed by atoms with Crippen molar-refractivity contribution in [1.29, 1.82) is 0 Å². The summed E-state index contributed by atoms with van der Waals surface area (Å²) in [6.45, 7) is 6.28. The molecule has 0 aliphatic carbocycles. The lowest BCUT2D eigenvalue weighted by molar-refractivity contribution is 0.237. The molecule has 2 aromatic rings. The maximum Gasteiger partial charge on any atom is 0.122 e. The molecule has 2 aromatic heterocycles. The highest BCUT2D eigenvalue weighted by Crippen LogP contribution is 2.09. The van der Waals surface area contributed by atoms with E-state index < -0.39 is 0 Å². The van der Waals surface area contributed by atoms with Crippen LogP contribution in [-0.4, -0.2) is 37.5 Å². The monoisotopic (exact) mass is 273 g/mol. The van der Waals surface area contributed by atoms with Gasteiger partial charge in [-0.25, -0.2) is 4.98 Å². The smallest absolute Gasteiger partial charge is 0.122 e. The van der Waals surface area contributed by atoms with Crippen molar-refractivity contribution in [2.75, 3.05) is 7.05 Å². The Morgan fingerprint density at radius 2 is 2.10 bits per heavy atom. The van der Waals surface area contributed by atoms with Gasteiger partial charge in [0.25, 0.3) is 0 Å². The van der Waals surface area contributed by atoms with Gasteiger partial charge < -0.3 is 4.57 Å². The zero-order valence-electron chi connectivity index (χ0n) is 12.5. The zero-order chi connectivity index (χ0) is 14.4. The van der Waals surface area contributed by atoms with E-state index in [4.69, 9.17) is 0 Å². The molecule has 2 heterocycles. The summed E-state index contributed by atoms with van der Waals surface area (Å²) in [6.07, 6.45) is 11.3. The van der Waals surface area contributed by atoms with Gasteiger partial charge in [-0.15, -0.1) is 0 Å². The van der Waals surface area contributed by atoms with E-state index in [9.17, 15) is 0 Å². The summed E-state index contributed by atoms with van der Waals surface area (Å²) in [7, 11) is 2.13. The Balaban J connectivity index is 1.93. The zero-order valence-corrected chi connectivity index (χ0v) is 12.5. The average molecular weight is 273 g/mol. The maximum atomic E-state index is 4.46. The highest BCUT2D eigenvalue weighted by atomic mass is 15.2. The standard InChI is InChI=1S/C15H23N5/c1-4-8-20-9-7-18-15(20)12-19(3)13(2)10-14-11-16-5-6-17-14/h5-7,9,11,13H,4,8,10,12H2,1-3H3/t13-/m1/s1. The minimum atomic E-state index is 0.401. The average Bonchev–Trinajstić information content (AvgIpc) is 2.87. The first-order valence-corrected chi connectivity index (χ1v) is 7.15. The predicted molar refractivity (Wildman–Crippen MR) is 79.2 cm³/mol. The van der Waals surface area contributed by atoms with Crippen LogP contribution in [0.5, 0.6) is 0 Å². The molecule has 0 unspecified atom stereocenters. The lowest BCUT2D eigenvalue weighted by Crippen LogP contribution is -2.31. The van der Waals surface area contributed by atoms with Crippen LogP contribution in [0.3, 0.4) is 0 Å². The van der Waals surface area contributed by atoms with Gasteiger partial charge in [-0.1, -0.05) is 6.92 Å². The summed E-state index contributed by atoms with van der Waals surface area (Å²) in [6, 6.07) is 0.401. The predicted octanol–water partition coefficient (Wildman–Crippen LogP) is 2.15. The lowest BCUT2D eigenvalue weighted by atomic mass is 10.1. The Morgan fingerprint density at radius 3 is 2.80 bits per heavy atom. The molecule has 0 aromatic carbocycles. The van der Waals surface area contributed by atoms with Gasteiger partial charge in [-0.05, 0) is 20.4 Å². The fourth-order valence-corrected chi connectivity index (χ4v) is 2.21. The van der Waals surface area contributed by atoms with E-state index >= 15 is 0 Å². The van der Waals surface area contributed by atoms with Gasteiger partial charge in [0, 0.05) is 50.0 Å². The summed E-state index contributed by atoms with van der Waals surface area (Å²) < 4.78 is 2.23. The van der Waals surface area contributed by atoms with Crippen molar-refractivity contribution in [2.24, 2.45) is 0 Å². The van der Waals surface area contributed by atoms with E-state index in [2.05, 4.69) is 51.5 Å². The number of nitrogens with zero attached hydrogens (tertiary/aromatic N) is 5. The summed E-state index contributed by atoms with van der Waals surface area (Å²) >= 11 is 0. The number of aromatic nitrogens is 4. The maximum absolute atomic E-state index is 4.46. The number of imidazole rings is 1. The second-order valence-electron chi connectivity index (χ2n) is 5.20. The fraction of sp³-hybridized carbons (Fsp3) is 0.533. The van der Waals surface area contributed by atoms with Crippen molar-refractivity contribution in [3.05, 3.63) is 42.5 Å². The Bertz CT molecular complexity index is 508. The molecule has 1 atom stereocenters. The molecule has 0 amide bonds. The van der Waals surface area contributed by atoms with Crippen LogP contribution in [0, 0.1) is 0 Å².